The first-order chi connectivity index (χ1) is 9.02. The van der Waals surface area contributed by atoms with E-state index in [1.54, 1.807) is 11.5 Å². The molecule has 0 saturated heterocycles. The van der Waals surface area contributed by atoms with E-state index in [4.69, 9.17) is 0 Å². The predicted molar refractivity (Wildman–Crippen MR) is 89.8 cm³/mol. The maximum absolute atomic E-state index is 4.34. The topological polar surface area (TPSA) is 12.9 Å². The fourth-order valence-electron chi connectivity index (χ4n) is 1.97. The smallest absolute Gasteiger partial charge is 0.0485 e. The van der Waals surface area contributed by atoms with Crippen molar-refractivity contribution < 1.29 is 0 Å². The second-order valence-corrected chi connectivity index (χ2v) is 5.73. The Morgan fingerprint density at radius 1 is 1.11 bits per heavy atom. The van der Waals surface area contributed by atoms with Crippen LogP contribution in [0.3, 0.4) is 0 Å². The molecule has 1 nitrogen and oxygen atoms in total. The molecule has 0 atom stereocenters. The third-order valence-corrected chi connectivity index (χ3v) is 4.02. The van der Waals surface area contributed by atoms with Crippen molar-refractivity contribution in [3.8, 4) is 0 Å². The molecule has 1 aliphatic carbocycles. The van der Waals surface area contributed by atoms with Crippen LogP contribution in [0.2, 0.25) is 0 Å². The lowest BCUT2D eigenvalue weighted by atomic mass is 9.87. The van der Waals surface area contributed by atoms with Gasteiger partial charge in [0, 0.05) is 22.1 Å². The minimum absolute atomic E-state index is 0.115. The van der Waals surface area contributed by atoms with E-state index in [9.17, 15) is 0 Å². The van der Waals surface area contributed by atoms with Gasteiger partial charge in [-0.25, -0.2) is 4.37 Å². The van der Waals surface area contributed by atoms with Gasteiger partial charge in [0.05, 0.1) is 0 Å². The Labute approximate surface area is 123 Å². The fourth-order valence-corrected chi connectivity index (χ4v) is 2.81. The van der Waals surface area contributed by atoms with Crippen molar-refractivity contribution >= 4 is 17.1 Å². The molecule has 0 bridgehead atoms. The van der Waals surface area contributed by atoms with Crippen LogP contribution in [0.5, 0.6) is 0 Å². The molecule has 108 valence electrons. The first-order valence-electron chi connectivity index (χ1n) is 7.37. The van der Waals surface area contributed by atoms with Crippen LogP contribution >= 0.6 is 11.5 Å². The van der Waals surface area contributed by atoms with Crippen LogP contribution in [0.4, 0.5) is 0 Å². The third-order valence-electron chi connectivity index (χ3n) is 2.88. The number of hydrogen-bond donors (Lipinski definition) is 0. The molecule has 0 unspecified atom stereocenters. The summed E-state index contributed by atoms with van der Waals surface area (Å²) in [7, 11) is 0. The number of nitrogens with zero attached hydrogens (tertiary/aromatic N) is 1. The normalized spacial score (nSPS) is 15.3. The molecule has 2 rings (SSSR count). The first-order valence-corrected chi connectivity index (χ1v) is 8.14. The Balaban J connectivity index is 0.000000741. The summed E-state index contributed by atoms with van der Waals surface area (Å²) in [5, 5.41) is 0. The van der Waals surface area contributed by atoms with E-state index in [0.717, 1.165) is 0 Å². The lowest BCUT2D eigenvalue weighted by Gasteiger charge is -2.19. The van der Waals surface area contributed by atoms with Gasteiger partial charge in [-0.15, -0.1) is 0 Å². The maximum atomic E-state index is 4.34. The quantitative estimate of drug-likeness (QED) is 0.607. The van der Waals surface area contributed by atoms with E-state index < -0.39 is 0 Å². The van der Waals surface area contributed by atoms with Crippen molar-refractivity contribution in [3.05, 3.63) is 34.9 Å². The number of rotatable bonds is 1. The maximum Gasteiger partial charge on any atom is 0.0485 e. The molecule has 0 N–H and O–H groups in total. The first kappa shape index (κ1) is 18.1. The van der Waals surface area contributed by atoms with Gasteiger partial charge in [-0.2, -0.15) is 0 Å². The molecule has 19 heavy (non-hydrogen) atoms. The molecule has 1 aromatic heterocycles. The minimum Gasteiger partial charge on any atom is -0.200 e. The summed E-state index contributed by atoms with van der Waals surface area (Å²) in [5.41, 5.74) is 2.86. The molecule has 0 amide bonds. The third kappa shape index (κ3) is 4.31. The van der Waals surface area contributed by atoms with E-state index >= 15 is 0 Å². The molecular weight excluding hydrogens is 250 g/mol. The fraction of sp³-hybridized carbons (Fsp3) is 0.588. The lowest BCUT2D eigenvalue weighted by Crippen LogP contribution is -2.12. The number of aromatic nitrogens is 1. The summed E-state index contributed by atoms with van der Waals surface area (Å²) >= 11 is 1.62. The van der Waals surface area contributed by atoms with Crippen molar-refractivity contribution in [2.24, 2.45) is 5.92 Å². The van der Waals surface area contributed by atoms with Crippen LogP contribution in [0.1, 0.15) is 65.8 Å². The van der Waals surface area contributed by atoms with E-state index in [2.05, 4.69) is 50.3 Å². The highest BCUT2D eigenvalue weighted by molar-refractivity contribution is 7.06. The Bertz CT molecular complexity index is 422. The van der Waals surface area contributed by atoms with Gasteiger partial charge in [0.25, 0.3) is 0 Å². The Morgan fingerprint density at radius 2 is 1.68 bits per heavy atom. The van der Waals surface area contributed by atoms with Gasteiger partial charge in [0.15, 0.2) is 0 Å². The Kier molecular flexibility index (Phi) is 7.93. The van der Waals surface area contributed by atoms with Gasteiger partial charge in [-0.1, -0.05) is 73.6 Å². The summed E-state index contributed by atoms with van der Waals surface area (Å²) in [6.07, 6.45) is 8.69. The minimum atomic E-state index is 0.115. The summed E-state index contributed by atoms with van der Waals surface area (Å²) < 4.78 is 4.34. The number of allylic oxidation sites excluding steroid dienone is 4. The van der Waals surface area contributed by atoms with Gasteiger partial charge >= 0.3 is 0 Å². The zero-order valence-electron chi connectivity index (χ0n) is 13.7. The summed E-state index contributed by atoms with van der Waals surface area (Å²) in [6, 6.07) is 0. The highest BCUT2D eigenvalue weighted by atomic mass is 32.1. The molecule has 0 spiro atoms. The van der Waals surface area contributed by atoms with Crippen LogP contribution in [0.15, 0.2) is 24.4 Å². The van der Waals surface area contributed by atoms with Crippen molar-refractivity contribution in [2.45, 2.75) is 60.8 Å². The Hall–Kier alpha value is -0.890. The van der Waals surface area contributed by atoms with E-state index in [-0.39, 0.29) is 5.41 Å². The summed E-state index contributed by atoms with van der Waals surface area (Å²) in [6.45, 7) is 17.0. The lowest BCUT2D eigenvalue weighted by molar-refractivity contribution is 0.684. The molecular formula is C17H29NS. The van der Waals surface area contributed by atoms with Crippen LogP contribution in [-0.4, -0.2) is 4.37 Å². The zero-order chi connectivity index (χ0) is 15.1. The monoisotopic (exact) mass is 279 g/mol. The molecule has 2 heteroatoms. The molecule has 0 aliphatic heterocycles. The number of hydrogen-bond acceptors (Lipinski definition) is 2. The van der Waals surface area contributed by atoms with Gasteiger partial charge < -0.3 is 0 Å². The van der Waals surface area contributed by atoms with Crippen LogP contribution in [-0.2, 0) is 5.41 Å². The average molecular weight is 279 g/mol. The summed E-state index contributed by atoms with van der Waals surface area (Å²) in [5.74, 6) is 0.554. The average Bonchev–Trinajstić information content (AvgIpc) is 2.84. The molecule has 0 aromatic carbocycles. The predicted octanol–water partition coefficient (Wildman–Crippen LogP) is 6.08. The SMILES string of the molecule is CC.CC.CC(C)C1=CC=CC(C)(C)c2sncc21. The summed E-state index contributed by atoms with van der Waals surface area (Å²) in [4.78, 5) is 1.39. The van der Waals surface area contributed by atoms with Crippen LogP contribution < -0.4 is 0 Å². The van der Waals surface area contributed by atoms with Crippen LogP contribution in [0, 0.1) is 5.92 Å². The Morgan fingerprint density at radius 3 is 2.21 bits per heavy atom. The molecule has 0 fully saturated rings. The van der Waals surface area contributed by atoms with Crippen LogP contribution in [0.25, 0.3) is 5.57 Å². The van der Waals surface area contributed by atoms with Crippen molar-refractivity contribution in [2.75, 3.05) is 0 Å². The van der Waals surface area contributed by atoms with Gasteiger partial charge in [-0.05, 0) is 23.0 Å². The number of fused-ring (bicyclic) bond motifs is 1. The largest absolute Gasteiger partial charge is 0.200 e. The van der Waals surface area contributed by atoms with E-state index in [1.165, 1.54) is 16.0 Å². The molecule has 0 saturated carbocycles. The molecule has 1 aliphatic rings. The molecule has 1 aromatic rings. The van der Waals surface area contributed by atoms with E-state index in [0.29, 0.717) is 5.92 Å². The highest BCUT2D eigenvalue weighted by Crippen LogP contribution is 2.39. The second-order valence-electron chi connectivity index (χ2n) is 4.93. The second kappa shape index (κ2) is 8.31. The van der Waals surface area contributed by atoms with Crippen molar-refractivity contribution in [1.29, 1.82) is 0 Å². The van der Waals surface area contributed by atoms with Gasteiger partial charge in [-0.3, -0.25) is 0 Å². The van der Waals surface area contributed by atoms with Gasteiger partial charge in [0.2, 0.25) is 0 Å². The van der Waals surface area contributed by atoms with Crippen molar-refractivity contribution in [3.63, 3.8) is 0 Å². The molecule has 0 radical (unpaired) electrons. The zero-order valence-corrected chi connectivity index (χ0v) is 14.6. The van der Waals surface area contributed by atoms with Gasteiger partial charge in [0.1, 0.15) is 0 Å². The standard InChI is InChI=1S/C13H17NS.2C2H6/c1-9(2)10-6-5-7-13(3,4)12-11(10)8-14-15-12;2*1-2/h5-9H,1-4H3;2*1-2H3. The molecule has 1 heterocycles. The van der Waals surface area contributed by atoms with E-state index in [1.807, 2.05) is 33.9 Å². The highest BCUT2D eigenvalue weighted by Gasteiger charge is 2.26. The van der Waals surface area contributed by atoms with Crippen molar-refractivity contribution in [1.82, 2.24) is 4.37 Å².